The van der Waals surface area contributed by atoms with Crippen LogP contribution in [-0.2, 0) is 6.18 Å². The van der Waals surface area contributed by atoms with E-state index in [1.54, 1.807) is 12.1 Å². The molecule has 0 bridgehead atoms. The van der Waals surface area contributed by atoms with Crippen LogP contribution >= 0.6 is 11.8 Å². The van der Waals surface area contributed by atoms with Crippen molar-refractivity contribution in [2.75, 3.05) is 5.75 Å². The first-order chi connectivity index (χ1) is 9.47. The van der Waals surface area contributed by atoms with Gasteiger partial charge in [0.05, 0.1) is 5.75 Å². The summed E-state index contributed by atoms with van der Waals surface area (Å²) >= 11 is 0.854. The average molecular weight is 299 g/mol. The van der Waals surface area contributed by atoms with Gasteiger partial charge in [-0.05, 0) is 18.2 Å². The third-order valence-electron chi connectivity index (χ3n) is 2.24. The molecule has 0 aliphatic heterocycles. The molecule has 0 unspecified atom stereocenters. The minimum atomic E-state index is -4.52. The fourth-order valence-electron chi connectivity index (χ4n) is 1.31. The van der Waals surface area contributed by atoms with E-state index in [0.717, 1.165) is 24.0 Å². The van der Waals surface area contributed by atoms with Crippen LogP contribution in [0.15, 0.2) is 41.9 Å². The lowest BCUT2D eigenvalue weighted by Crippen LogP contribution is -2.09. The van der Waals surface area contributed by atoms with E-state index in [2.05, 4.69) is 15.0 Å². The Hall–Kier alpha value is -1.96. The maximum absolute atomic E-state index is 12.5. The van der Waals surface area contributed by atoms with Crippen LogP contribution in [0.3, 0.4) is 0 Å². The van der Waals surface area contributed by atoms with Crippen molar-refractivity contribution in [2.45, 2.75) is 11.3 Å². The molecule has 2 aromatic rings. The summed E-state index contributed by atoms with van der Waals surface area (Å²) in [6.07, 6.45) is -0.575. The van der Waals surface area contributed by atoms with Crippen molar-refractivity contribution in [3.63, 3.8) is 0 Å². The number of thioether (sulfide) groups is 1. The topological polar surface area (TPSA) is 55.7 Å². The van der Waals surface area contributed by atoms with Gasteiger partial charge >= 0.3 is 6.18 Å². The predicted octanol–water partition coefficient (Wildman–Crippen LogP) is 2.87. The summed E-state index contributed by atoms with van der Waals surface area (Å²) in [4.78, 5) is 22.6. The average Bonchev–Trinajstić information content (AvgIpc) is 2.45. The fraction of sp³-hybridized carbons (Fsp3) is 0.167. The number of nitrogens with zero attached hydrogens (tertiary/aromatic N) is 3. The van der Waals surface area contributed by atoms with Gasteiger partial charge in [0.15, 0.2) is 10.9 Å². The van der Waals surface area contributed by atoms with E-state index in [4.69, 9.17) is 0 Å². The molecule has 8 heteroatoms. The van der Waals surface area contributed by atoms with Crippen LogP contribution < -0.4 is 0 Å². The lowest BCUT2D eigenvalue weighted by atomic mass is 10.2. The number of pyridine rings is 1. The van der Waals surface area contributed by atoms with Gasteiger partial charge in [0.1, 0.15) is 5.69 Å². The van der Waals surface area contributed by atoms with Crippen molar-refractivity contribution in [1.29, 1.82) is 0 Å². The second-order valence-corrected chi connectivity index (χ2v) is 4.62. The van der Waals surface area contributed by atoms with Gasteiger partial charge in [-0.2, -0.15) is 13.2 Å². The number of hydrogen-bond donors (Lipinski definition) is 0. The quantitative estimate of drug-likeness (QED) is 0.493. The van der Waals surface area contributed by atoms with Gasteiger partial charge in [-0.1, -0.05) is 11.8 Å². The van der Waals surface area contributed by atoms with Crippen molar-refractivity contribution >= 4 is 17.5 Å². The molecule has 0 amide bonds. The molecule has 0 fully saturated rings. The van der Waals surface area contributed by atoms with E-state index in [1.165, 1.54) is 12.4 Å². The number of ketones is 1. The third-order valence-corrected chi connectivity index (χ3v) is 3.10. The standard InChI is InChI=1S/C12H8F3N3OS/c13-12(14,15)10-3-5-17-11(18-10)20-7-9(19)8-2-1-4-16-6-8/h1-6H,7H2. The van der Waals surface area contributed by atoms with Gasteiger partial charge in [-0.3, -0.25) is 9.78 Å². The number of halogens is 3. The Labute approximate surface area is 116 Å². The molecule has 0 aliphatic rings. The van der Waals surface area contributed by atoms with E-state index >= 15 is 0 Å². The molecule has 0 saturated carbocycles. The molecule has 4 nitrogen and oxygen atoms in total. The second kappa shape index (κ2) is 6.00. The summed E-state index contributed by atoms with van der Waals surface area (Å²) < 4.78 is 37.4. The van der Waals surface area contributed by atoms with Crippen LogP contribution in [0.2, 0.25) is 0 Å². The lowest BCUT2D eigenvalue weighted by molar-refractivity contribution is -0.141. The SMILES string of the molecule is O=C(CSc1nccc(C(F)(F)F)n1)c1cccnc1. The van der Waals surface area contributed by atoms with Gasteiger partial charge in [0.2, 0.25) is 0 Å². The molecule has 2 aromatic heterocycles. The largest absolute Gasteiger partial charge is 0.433 e. The normalized spacial score (nSPS) is 11.3. The molecule has 2 heterocycles. The first-order valence-electron chi connectivity index (χ1n) is 5.43. The summed E-state index contributed by atoms with van der Waals surface area (Å²) in [5, 5.41) is -0.0861. The number of alkyl halides is 3. The molecule has 0 spiro atoms. The molecule has 0 radical (unpaired) electrons. The molecule has 0 aromatic carbocycles. The van der Waals surface area contributed by atoms with Crippen molar-refractivity contribution < 1.29 is 18.0 Å². The molecule has 0 aliphatic carbocycles. The Bertz CT molecular complexity index is 604. The Kier molecular flexibility index (Phi) is 4.33. The van der Waals surface area contributed by atoms with E-state index in [1.807, 2.05) is 0 Å². The minimum Gasteiger partial charge on any atom is -0.293 e. The van der Waals surface area contributed by atoms with Crippen LogP contribution in [0.25, 0.3) is 0 Å². The number of hydrogen-bond acceptors (Lipinski definition) is 5. The fourth-order valence-corrected chi connectivity index (χ4v) is 2.03. The van der Waals surface area contributed by atoms with Gasteiger partial charge < -0.3 is 0 Å². The highest BCUT2D eigenvalue weighted by molar-refractivity contribution is 7.99. The zero-order valence-electron chi connectivity index (χ0n) is 9.96. The highest BCUT2D eigenvalue weighted by Gasteiger charge is 2.32. The van der Waals surface area contributed by atoms with E-state index in [-0.39, 0.29) is 16.7 Å². The molecular formula is C12H8F3N3OS. The van der Waals surface area contributed by atoms with Crippen molar-refractivity contribution in [3.05, 3.63) is 48.0 Å². The number of carbonyl (C=O) groups is 1. The van der Waals surface area contributed by atoms with E-state index in [9.17, 15) is 18.0 Å². The molecular weight excluding hydrogens is 291 g/mol. The summed E-state index contributed by atoms with van der Waals surface area (Å²) in [6.45, 7) is 0. The zero-order valence-corrected chi connectivity index (χ0v) is 10.8. The first-order valence-corrected chi connectivity index (χ1v) is 6.41. The van der Waals surface area contributed by atoms with Crippen LogP contribution in [0, 0.1) is 0 Å². The van der Waals surface area contributed by atoms with Gasteiger partial charge in [-0.15, -0.1) is 0 Å². The Morgan fingerprint density at radius 2 is 2.05 bits per heavy atom. The Balaban J connectivity index is 2.03. The minimum absolute atomic E-state index is 0.0486. The first kappa shape index (κ1) is 14.4. The smallest absolute Gasteiger partial charge is 0.293 e. The summed E-state index contributed by atoms with van der Waals surface area (Å²) in [5.41, 5.74) is -0.629. The molecule has 104 valence electrons. The number of Topliss-reactive ketones (excluding diaryl/α,β-unsaturated/α-hetero) is 1. The van der Waals surface area contributed by atoms with Crippen LogP contribution in [-0.4, -0.2) is 26.5 Å². The second-order valence-electron chi connectivity index (χ2n) is 3.68. The van der Waals surface area contributed by atoms with Gasteiger partial charge in [0, 0.05) is 24.2 Å². The monoisotopic (exact) mass is 299 g/mol. The molecule has 2 rings (SSSR count). The summed E-state index contributed by atoms with van der Waals surface area (Å²) in [5.74, 6) is -0.295. The number of rotatable bonds is 4. The molecule has 0 N–H and O–H groups in total. The molecule has 0 atom stereocenters. The summed E-state index contributed by atoms with van der Waals surface area (Å²) in [6, 6.07) is 3.98. The Morgan fingerprint density at radius 1 is 1.25 bits per heavy atom. The Morgan fingerprint density at radius 3 is 2.70 bits per heavy atom. The van der Waals surface area contributed by atoms with Crippen molar-refractivity contribution in [3.8, 4) is 0 Å². The van der Waals surface area contributed by atoms with Gasteiger partial charge in [-0.25, -0.2) is 9.97 Å². The molecule has 0 saturated heterocycles. The van der Waals surface area contributed by atoms with E-state index in [0.29, 0.717) is 5.56 Å². The summed E-state index contributed by atoms with van der Waals surface area (Å²) in [7, 11) is 0. The van der Waals surface area contributed by atoms with Crippen molar-refractivity contribution in [2.24, 2.45) is 0 Å². The van der Waals surface area contributed by atoms with Crippen LogP contribution in [0.4, 0.5) is 13.2 Å². The van der Waals surface area contributed by atoms with Crippen molar-refractivity contribution in [1.82, 2.24) is 15.0 Å². The highest BCUT2D eigenvalue weighted by atomic mass is 32.2. The highest BCUT2D eigenvalue weighted by Crippen LogP contribution is 2.28. The van der Waals surface area contributed by atoms with Gasteiger partial charge in [0.25, 0.3) is 0 Å². The maximum atomic E-state index is 12.5. The lowest BCUT2D eigenvalue weighted by Gasteiger charge is -2.06. The maximum Gasteiger partial charge on any atom is 0.433 e. The number of carbonyl (C=O) groups excluding carboxylic acids is 1. The molecule has 20 heavy (non-hydrogen) atoms. The number of aromatic nitrogens is 3. The van der Waals surface area contributed by atoms with Crippen LogP contribution in [0.5, 0.6) is 0 Å². The third kappa shape index (κ3) is 3.77. The van der Waals surface area contributed by atoms with E-state index < -0.39 is 11.9 Å². The predicted molar refractivity (Wildman–Crippen MR) is 66.3 cm³/mol. The zero-order chi connectivity index (χ0) is 14.6. The van der Waals surface area contributed by atoms with Crippen LogP contribution in [0.1, 0.15) is 16.1 Å².